The molecular formula is C9H16O2. The lowest BCUT2D eigenvalue weighted by Crippen LogP contribution is -2.16. The van der Waals surface area contributed by atoms with Crippen LogP contribution in [0.25, 0.3) is 0 Å². The van der Waals surface area contributed by atoms with E-state index in [1.165, 1.54) is 12.8 Å². The van der Waals surface area contributed by atoms with Crippen molar-refractivity contribution in [2.24, 2.45) is 5.92 Å². The second kappa shape index (κ2) is 4.37. The van der Waals surface area contributed by atoms with E-state index in [1.54, 1.807) is 0 Å². The molecule has 0 saturated carbocycles. The van der Waals surface area contributed by atoms with Crippen LogP contribution < -0.4 is 0 Å². The summed E-state index contributed by atoms with van der Waals surface area (Å²) in [5, 5.41) is 0. The van der Waals surface area contributed by atoms with Crippen molar-refractivity contribution >= 4 is 5.97 Å². The number of hydrogen-bond donors (Lipinski definition) is 0. The average molecular weight is 156 g/mol. The van der Waals surface area contributed by atoms with Gasteiger partial charge < -0.3 is 4.74 Å². The van der Waals surface area contributed by atoms with Crippen molar-refractivity contribution in [2.45, 2.75) is 39.0 Å². The molecule has 0 aromatic heterocycles. The first-order valence-electron chi connectivity index (χ1n) is 4.48. The third kappa shape index (κ3) is 2.91. The van der Waals surface area contributed by atoms with Gasteiger partial charge in [-0.05, 0) is 18.8 Å². The van der Waals surface area contributed by atoms with Crippen molar-refractivity contribution in [1.29, 1.82) is 0 Å². The van der Waals surface area contributed by atoms with E-state index in [-0.39, 0.29) is 5.97 Å². The largest absolute Gasteiger partial charge is 0.465 e. The Morgan fingerprint density at radius 3 is 3.09 bits per heavy atom. The van der Waals surface area contributed by atoms with E-state index in [2.05, 4.69) is 6.92 Å². The van der Waals surface area contributed by atoms with E-state index in [0.29, 0.717) is 18.9 Å². The Bertz CT molecular complexity index is 132. The fourth-order valence-electron chi connectivity index (χ4n) is 1.39. The van der Waals surface area contributed by atoms with Crippen molar-refractivity contribution in [3.63, 3.8) is 0 Å². The number of rotatable bonds is 1. The Labute approximate surface area is 67.9 Å². The highest BCUT2D eigenvalue weighted by Crippen LogP contribution is 2.17. The van der Waals surface area contributed by atoms with Gasteiger partial charge in [0.15, 0.2) is 0 Å². The molecule has 11 heavy (non-hydrogen) atoms. The fraction of sp³-hybridized carbons (Fsp3) is 0.889. The number of carbonyl (C=O) groups is 1. The molecule has 1 saturated heterocycles. The van der Waals surface area contributed by atoms with Crippen LogP contribution >= 0.6 is 0 Å². The highest BCUT2D eigenvalue weighted by molar-refractivity contribution is 5.69. The van der Waals surface area contributed by atoms with Crippen LogP contribution in [0.1, 0.15) is 39.0 Å². The molecule has 0 aromatic rings. The molecule has 2 nitrogen and oxygen atoms in total. The summed E-state index contributed by atoms with van der Waals surface area (Å²) in [5.74, 6) is 0.599. The van der Waals surface area contributed by atoms with Crippen molar-refractivity contribution in [1.82, 2.24) is 0 Å². The molecule has 0 aliphatic carbocycles. The minimum absolute atomic E-state index is 0.0110. The van der Waals surface area contributed by atoms with E-state index >= 15 is 0 Å². The van der Waals surface area contributed by atoms with Crippen molar-refractivity contribution in [3.8, 4) is 0 Å². The molecule has 1 atom stereocenters. The highest BCUT2D eigenvalue weighted by atomic mass is 16.5. The first-order chi connectivity index (χ1) is 5.33. The number of ether oxygens (including phenoxy) is 1. The first-order valence-corrected chi connectivity index (χ1v) is 4.48. The van der Waals surface area contributed by atoms with E-state index in [1.807, 2.05) is 0 Å². The third-order valence-corrected chi connectivity index (χ3v) is 2.30. The summed E-state index contributed by atoms with van der Waals surface area (Å²) in [5.41, 5.74) is 0. The van der Waals surface area contributed by atoms with Gasteiger partial charge in [-0.1, -0.05) is 19.8 Å². The van der Waals surface area contributed by atoms with Crippen LogP contribution in [0.5, 0.6) is 0 Å². The molecule has 1 aliphatic rings. The van der Waals surface area contributed by atoms with E-state index < -0.39 is 0 Å². The van der Waals surface area contributed by atoms with Crippen molar-refractivity contribution in [3.05, 3.63) is 0 Å². The minimum Gasteiger partial charge on any atom is -0.465 e. The summed E-state index contributed by atoms with van der Waals surface area (Å²) < 4.78 is 5.05. The van der Waals surface area contributed by atoms with Gasteiger partial charge >= 0.3 is 5.97 Å². The fourth-order valence-corrected chi connectivity index (χ4v) is 1.39. The smallest absolute Gasteiger partial charge is 0.305 e. The maximum atomic E-state index is 10.9. The quantitative estimate of drug-likeness (QED) is 0.544. The Balaban J connectivity index is 2.31. The molecule has 1 heterocycles. The monoisotopic (exact) mass is 156 g/mol. The number of esters is 1. The zero-order valence-electron chi connectivity index (χ0n) is 7.14. The van der Waals surface area contributed by atoms with Crippen LogP contribution in [0.2, 0.25) is 0 Å². The van der Waals surface area contributed by atoms with Gasteiger partial charge in [-0.3, -0.25) is 4.79 Å². The molecule has 2 heteroatoms. The number of carbonyl (C=O) groups excluding carboxylic acids is 1. The maximum Gasteiger partial charge on any atom is 0.305 e. The molecule has 64 valence electrons. The lowest BCUT2D eigenvalue weighted by atomic mass is 9.98. The Morgan fingerprint density at radius 1 is 1.55 bits per heavy atom. The van der Waals surface area contributed by atoms with Gasteiger partial charge in [0.1, 0.15) is 0 Å². The Hall–Kier alpha value is -0.530. The van der Waals surface area contributed by atoms with Crippen molar-refractivity contribution in [2.75, 3.05) is 6.61 Å². The van der Waals surface area contributed by atoms with Gasteiger partial charge in [0, 0.05) is 6.42 Å². The van der Waals surface area contributed by atoms with Crippen LogP contribution in [0.4, 0.5) is 0 Å². The third-order valence-electron chi connectivity index (χ3n) is 2.30. The number of hydrogen-bond acceptors (Lipinski definition) is 2. The van der Waals surface area contributed by atoms with E-state index in [4.69, 9.17) is 4.74 Å². The van der Waals surface area contributed by atoms with E-state index in [0.717, 1.165) is 12.8 Å². The molecular weight excluding hydrogens is 140 g/mol. The van der Waals surface area contributed by atoms with Crippen LogP contribution in [0, 0.1) is 5.92 Å². The lowest BCUT2D eigenvalue weighted by Gasteiger charge is -2.17. The zero-order chi connectivity index (χ0) is 8.10. The Kier molecular flexibility index (Phi) is 3.40. The molecule has 0 amide bonds. The molecule has 0 spiro atoms. The second-order valence-corrected chi connectivity index (χ2v) is 3.20. The molecule has 1 fully saturated rings. The standard InChI is InChI=1S/C9H16O2/c1-2-8-5-3-4-6-9(10)11-7-8/h8H,2-7H2,1H3. The predicted octanol–water partition coefficient (Wildman–Crippen LogP) is 2.13. The molecule has 1 aliphatic heterocycles. The summed E-state index contributed by atoms with van der Waals surface area (Å²) >= 11 is 0. The molecule has 0 N–H and O–H groups in total. The van der Waals surface area contributed by atoms with Crippen LogP contribution in [0.15, 0.2) is 0 Å². The van der Waals surface area contributed by atoms with Gasteiger partial charge in [-0.15, -0.1) is 0 Å². The van der Waals surface area contributed by atoms with Gasteiger partial charge in [-0.2, -0.15) is 0 Å². The SMILES string of the molecule is CCC1CCCCC(=O)OC1. The summed E-state index contributed by atoms with van der Waals surface area (Å²) in [6.07, 6.45) is 5.18. The first kappa shape index (κ1) is 8.57. The molecule has 1 unspecified atom stereocenters. The van der Waals surface area contributed by atoms with Gasteiger partial charge in [-0.25, -0.2) is 0 Å². The van der Waals surface area contributed by atoms with Crippen LogP contribution in [0.3, 0.4) is 0 Å². The lowest BCUT2D eigenvalue weighted by molar-refractivity contribution is -0.146. The molecule has 0 radical (unpaired) electrons. The predicted molar refractivity (Wildman–Crippen MR) is 43.2 cm³/mol. The minimum atomic E-state index is -0.0110. The normalized spacial score (nSPS) is 27.0. The van der Waals surface area contributed by atoms with E-state index in [9.17, 15) is 4.79 Å². The van der Waals surface area contributed by atoms with Crippen LogP contribution in [-0.2, 0) is 9.53 Å². The average Bonchev–Trinajstić information content (AvgIpc) is 1.98. The topological polar surface area (TPSA) is 26.3 Å². The Morgan fingerprint density at radius 2 is 2.36 bits per heavy atom. The summed E-state index contributed by atoms with van der Waals surface area (Å²) in [6, 6.07) is 0. The molecule has 0 bridgehead atoms. The zero-order valence-corrected chi connectivity index (χ0v) is 7.14. The van der Waals surface area contributed by atoms with Gasteiger partial charge in [0.25, 0.3) is 0 Å². The summed E-state index contributed by atoms with van der Waals surface area (Å²) in [4.78, 5) is 10.9. The highest BCUT2D eigenvalue weighted by Gasteiger charge is 2.13. The van der Waals surface area contributed by atoms with Crippen molar-refractivity contribution < 1.29 is 9.53 Å². The molecule has 1 rings (SSSR count). The summed E-state index contributed by atoms with van der Waals surface area (Å²) in [7, 11) is 0. The summed E-state index contributed by atoms with van der Waals surface area (Å²) in [6.45, 7) is 2.80. The second-order valence-electron chi connectivity index (χ2n) is 3.20. The maximum absolute atomic E-state index is 10.9. The molecule has 0 aromatic carbocycles. The number of cyclic esters (lactones) is 1. The van der Waals surface area contributed by atoms with Gasteiger partial charge in [0.05, 0.1) is 6.61 Å². The van der Waals surface area contributed by atoms with Gasteiger partial charge in [0.2, 0.25) is 0 Å². The van der Waals surface area contributed by atoms with Crippen LogP contribution in [-0.4, -0.2) is 12.6 Å².